The summed E-state index contributed by atoms with van der Waals surface area (Å²) in [6, 6.07) is -0.0269. The van der Waals surface area contributed by atoms with Crippen LogP contribution in [0.15, 0.2) is 4.99 Å². The normalized spacial score (nSPS) is 22.2. The van der Waals surface area contributed by atoms with Crippen LogP contribution < -0.4 is 10.6 Å². The summed E-state index contributed by atoms with van der Waals surface area (Å²) in [4.78, 5) is 4.03. The summed E-state index contributed by atoms with van der Waals surface area (Å²) in [7, 11) is -1.44. The Bertz CT molecular complexity index is 507. The van der Waals surface area contributed by atoms with Gasteiger partial charge in [-0.25, -0.2) is 8.42 Å². The summed E-state index contributed by atoms with van der Waals surface area (Å²) >= 11 is 0. The lowest BCUT2D eigenvalue weighted by Crippen LogP contribution is -2.46. The maximum Gasteiger partial charge on any atom is 0.391 e. The van der Waals surface area contributed by atoms with Crippen molar-refractivity contribution in [2.45, 2.75) is 37.9 Å². The molecule has 0 heterocycles. The molecule has 0 aromatic rings. The minimum atomic E-state index is -4.10. The second-order valence-electron chi connectivity index (χ2n) is 5.98. The standard InChI is InChI=1S/C14H26F3N3O3S.HI/c1-18-13(19-7-8-23-9-10-24(2,21)22)20-12-5-3-11(4-6-12)14(15,16)17;/h11-12H,3-10H2,1-2H3,(H2,18,19,20);1H. The van der Waals surface area contributed by atoms with E-state index in [1.165, 1.54) is 0 Å². The van der Waals surface area contributed by atoms with Crippen LogP contribution in [-0.4, -0.2) is 65.4 Å². The van der Waals surface area contributed by atoms with Crippen LogP contribution in [0.2, 0.25) is 0 Å². The van der Waals surface area contributed by atoms with Crippen molar-refractivity contribution in [3.63, 3.8) is 0 Å². The first-order valence-electron chi connectivity index (χ1n) is 7.91. The smallest absolute Gasteiger partial charge is 0.379 e. The monoisotopic (exact) mass is 501 g/mol. The molecule has 0 aromatic heterocycles. The number of hydrogen-bond donors (Lipinski definition) is 2. The van der Waals surface area contributed by atoms with Crippen LogP contribution in [0.1, 0.15) is 25.7 Å². The summed E-state index contributed by atoms with van der Waals surface area (Å²) in [5.41, 5.74) is 0. The number of guanidine groups is 1. The molecule has 1 fully saturated rings. The molecule has 0 spiro atoms. The van der Waals surface area contributed by atoms with Crippen LogP contribution in [-0.2, 0) is 14.6 Å². The topological polar surface area (TPSA) is 79.8 Å². The fourth-order valence-electron chi connectivity index (χ4n) is 2.51. The third-order valence-corrected chi connectivity index (χ3v) is 4.80. The Balaban J connectivity index is 0.00000576. The third-order valence-electron chi connectivity index (χ3n) is 3.89. The number of rotatable bonds is 7. The Hall–Kier alpha value is -0.300. The van der Waals surface area contributed by atoms with Gasteiger partial charge < -0.3 is 15.4 Å². The Labute approximate surface area is 164 Å². The van der Waals surface area contributed by atoms with Crippen LogP contribution in [0.5, 0.6) is 0 Å². The van der Waals surface area contributed by atoms with E-state index in [0.717, 1.165) is 6.26 Å². The molecule has 0 atom stereocenters. The molecule has 0 amide bonds. The van der Waals surface area contributed by atoms with Crippen LogP contribution in [0.3, 0.4) is 0 Å². The van der Waals surface area contributed by atoms with Gasteiger partial charge in [-0.1, -0.05) is 0 Å². The molecule has 0 bridgehead atoms. The minimum Gasteiger partial charge on any atom is -0.379 e. The highest BCUT2D eigenvalue weighted by Crippen LogP contribution is 2.37. The van der Waals surface area contributed by atoms with Gasteiger partial charge in [0.1, 0.15) is 9.84 Å². The first-order chi connectivity index (χ1) is 11.1. The van der Waals surface area contributed by atoms with Crippen LogP contribution in [0.4, 0.5) is 13.2 Å². The molecule has 1 rings (SSSR count). The van der Waals surface area contributed by atoms with Gasteiger partial charge in [0.05, 0.1) is 24.9 Å². The van der Waals surface area contributed by atoms with Crippen LogP contribution in [0.25, 0.3) is 0 Å². The average Bonchev–Trinajstić information content (AvgIpc) is 2.48. The number of sulfone groups is 1. The quantitative estimate of drug-likeness (QED) is 0.241. The van der Waals surface area contributed by atoms with Crippen molar-refractivity contribution in [3.05, 3.63) is 0 Å². The summed E-state index contributed by atoms with van der Waals surface area (Å²) in [6.07, 6.45) is -1.78. The fourth-order valence-corrected chi connectivity index (χ4v) is 2.93. The number of aliphatic imine (C=N–C) groups is 1. The third kappa shape index (κ3) is 11.1. The van der Waals surface area contributed by atoms with E-state index in [-0.39, 0.29) is 55.2 Å². The summed E-state index contributed by atoms with van der Waals surface area (Å²) in [6.45, 7) is 0.881. The summed E-state index contributed by atoms with van der Waals surface area (Å²) in [5.74, 6) is -0.714. The van der Waals surface area contributed by atoms with Gasteiger partial charge in [0.25, 0.3) is 0 Å². The molecule has 25 heavy (non-hydrogen) atoms. The molecule has 0 unspecified atom stereocenters. The predicted octanol–water partition coefficient (Wildman–Crippen LogP) is 1.95. The first-order valence-corrected chi connectivity index (χ1v) is 9.97. The lowest BCUT2D eigenvalue weighted by atomic mass is 9.85. The van der Waals surface area contributed by atoms with Gasteiger partial charge in [0, 0.05) is 25.9 Å². The Morgan fingerprint density at radius 3 is 2.28 bits per heavy atom. The minimum absolute atomic E-state index is 0. The van der Waals surface area contributed by atoms with E-state index in [0.29, 0.717) is 32.0 Å². The molecule has 1 aliphatic carbocycles. The molecule has 2 N–H and O–H groups in total. The van der Waals surface area contributed by atoms with Crippen LogP contribution in [0, 0.1) is 5.92 Å². The molecule has 1 saturated carbocycles. The van der Waals surface area contributed by atoms with Crippen molar-refractivity contribution >= 4 is 39.8 Å². The summed E-state index contributed by atoms with van der Waals surface area (Å²) in [5, 5.41) is 6.11. The highest BCUT2D eigenvalue weighted by atomic mass is 127. The number of alkyl halides is 3. The van der Waals surface area contributed by atoms with E-state index in [2.05, 4.69) is 15.6 Å². The second kappa shape index (κ2) is 11.4. The maximum atomic E-state index is 12.6. The van der Waals surface area contributed by atoms with Crippen LogP contribution >= 0.6 is 24.0 Å². The molecular weight excluding hydrogens is 474 g/mol. The highest BCUT2D eigenvalue weighted by molar-refractivity contribution is 14.0. The first kappa shape index (κ1) is 24.7. The zero-order chi connectivity index (χ0) is 18.2. The van der Waals surface area contributed by atoms with E-state index in [9.17, 15) is 21.6 Å². The number of hydrogen-bond acceptors (Lipinski definition) is 4. The molecule has 0 aromatic carbocycles. The Morgan fingerprint density at radius 1 is 1.20 bits per heavy atom. The molecule has 0 aliphatic heterocycles. The molecule has 11 heteroatoms. The van der Waals surface area contributed by atoms with Gasteiger partial charge in [0.15, 0.2) is 5.96 Å². The van der Waals surface area contributed by atoms with Gasteiger partial charge in [-0.05, 0) is 25.7 Å². The number of ether oxygens (including phenoxy) is 1. The molecule has 150 valence electrons. The fraction of sp³-hybridized carbons (Fsp3) is 0.929. The Morgan fingerprint density at radius 2 is 1.80 bits per heavy atom. The van der Waals surface area contributed by atoms with Gasteiger partial charge in [0.2, 0.25) is 0 Å². The van der Waals surface area contributed by atoms with Gasteiger partial charge >= 0.3 is 6.18 Å². The van der Waals surface area contributed by atoms with Gasteiger partial charge in [-0.2, -0.15) is 13.2 Å². The van der Waals surface area contributed by atoms with E-state index in [1.807, 2.05) is 0 Å². The number of halogens is 4. The zero-order valence-corrected chi connectivity index (χ0v) is 17.6. The van der Waals surface area contributed by atoms with Crippen molar-refractivity contribution in [3.8, 4) is 0 Å². The van der Waals surface area contributed by atoms with E-state index in [4.69, 9.17) is 4.74 Å². The second-order valence-corrected chi connectivity index (χ2v) is 8.24. The van der Waals surface area contributed by atoms with Crippen molar-refractivity contribution < 1.29 is 26.3 Å². The van der Waals surface area contributed by atoms with E-state index < -0.39 is 21.9 Å². The van der Waals surface area contributed by atoms with E-state index >= 15 is 0 Å². The zero-order valence-electron chi connectivity index (χ0n) is 14.4. The molecular formula is C14H27F3IN3O3S. The number of nitrogens with zero attached hydrogens (tertiary/aromatic N) is 1. The lowest BCUT2D eigenvalue weighted by molar-refractivity contribution is -0.182. The van der Waals surface area contributed by atoms with Gasteiger partial charge in [-0.15, -0.1) is 24.0 Å². The molecule has 0 radical (unpaired) electrons. The lowest BCUT2D eigenvalue weighted by Gasteiger charge is -2.31. The maximum absolute atomic E-state index is 12.6. The highest BCUT2D eigenvalue weighted by Gasteiger charge is 2.41. The van der Waals surface area contributed by atoms with E-state index in [1.54, 1.807) is 7.05 Å². The van der Waals surface area contributed by atoms with Crippen molar-refractivity contribution in [2.24, 2.45) is 10.9 Å². The predicted molar refractivity (Wildman–Crippen MR) is 102 cm³/mol. The Kier molecular flexibility index (Phi) is 11.3. The largest absolute Gasteiger partial charge is 0.391 e. The molecule has 0 saturated heterocycles. The van der Waals surface area contributed by atoms with Crippen molar-refractivity contribution in [1.29, 1.82) is 0 Å². The number of nitrogens with one attached hydrogen (secondary N) is 2. The van der Waals surface area contributed by atoms with Crippen molar-refractivity contribution in [2.75, 3.05) is 38.8 Å². The average molecular weight is 501 g/mol. The van der Waals surface area contributed by atoms with Crippen molar-refractivity contribution in [1.82, 2.24) is 10.6 Å². The SMILES string of the molecule is CN=C(NCCOCCS(C)(=O)=O)NC1CCC(C(F)(F)F)CC1.I. The van der Waals surface area contributed by atoms with Gasteiger partial charge in [-0.3, -0.25) is 4.99 Å². The summed E-state index contributed by atoms with van der Waals surface area (Å²) < 4.78 is 64.9. The molecule has 1 aliphatic rings. The molecule has 6 nitrogen and oxygen atoms in total.